The molecule has 0 heterocycles. The molecule has 0 aliphatic heterocycles. The Hall–Kier alpha value is -0.640. The molecule has 0 saturated carbocycles. The molecule has 0 spiro atoms. The molecule has 1 N–H and O–H groups in total. The molecule has 0 aliphatic rings. The van der Waals surface area contributed by atoms with Gasteiger partial charge in [0.25, 0.3) is 0 Å². The van der Waals surface area contributed by atoms with Gasteiger partial charge >= 0.3 is 6.09 Å². The van der Waals surface area contributed by atoms with Gasteiger partial charge in [-0.05, 0) is 19.3 Å². The molecule has 0 atom stereocenters. The highest BCUT2D eigenvalue weighted by molar-refractivity contribution is 6.17. The normalized spacial score (nSPS) is 11.0. The monoisotopic (exact) mass is 455 g/mol. The predicted molar refractivity (Wildman–Crippen MR) is 118 cm³/mol. The van der Waals surface area contributed by atoms with Crippen LogP contribution in [0.5, 0.6) is 0 Å². The van der Waals surface area contributed by atoms with E-state index in [1.54, 1.807) is 0 Å². The Morgan fingerprint density at radius 2 is 1.13 bits per heavy atom. The molecular formula is C21H42ClNO7. The van der Waals surface area contributed by atoms with E-state index in [2.05, 4.69) is 12.2 Å². The lowest BCUT2D eigenvalue weighted by Gasteiger charge is -2.09. The van der Waals surface area contributed by atoms with E-state index in [9.17, 15) is 4.79 Å². The summed E-state index contributed by atoms with van der Waals surface area (Å²) in [5, 5.41) is 2.62. The van der Waals surface area contributed by atoms with Crippen LogP contribution >= 0.6 is 11.6 Å². The Bertz CT molecular complexity index is 321. The summed E-state index contributed by atoms with van der Waals surface area (Å²) >= 11 is 5.62. The second-order valence-corrected chi connectivity index (χ2v) is 6.96. The van der Waals surface area contributed by atoms with Gasteiger partial charge < -0.3 is 33.7 Å². The van der Waals surface area contributed by atoms with Gasteiger partial charge in [0.2, 0.25) is 0 Å². The third-order valence-electron chi connectivity index (χ3n) is 3.91. The zero-order valence-electron chi connectivity index (χ0n) is 18.7. The predicted octanol–water partition coefficient (Wildman–Crippen LogP) is 3.39. The molecule has 1 amide bonds. The van der Waals surface area contributed by atoms with E-state index in [-0.39, 0.29) is 6.61 Å². The van der Waals surface area contributed by atoms with E-state index in [0.29, 0.717) is 59.4 Å². The quantitative estimate of drug-likeness (QED) is 0.176. The number of hydrogen-bond donors (Lipinski definition) is 1. The fraction of sp³-hybridized carbons (Fsp3) is 0.952. The van der Waals surface area contributed by atoms with E-state index in [1.807, 2.05) is 0 Å². The molecule has 0 saturated heterocycles. The summed E-state index contributed by atoms with van der Waals surface area (Å²) in [7, 11) is 0. The molecule has 9 heteroatoms. The fourth-order valence-electron chi connectivity index (χ4n) is 2.23. The average molecular weight is 456 g/mol. The summed E-state index contributed by atoms with van der Waals surface area (Å²) in [6, 6.07) is 0. The summed E-state index contributed by atoms with van der Waals surface area (Å²) in [4.78, 5) is 11.5. The lowest BCUT2D eigenvalue weighted by atomic mass is 10.2. The largest absolute Gasteiger partial charge is 0.447 e. The number of rotatable bonds is 24. The SMILES string of the molecule is CCCCOCCOCCOCCOC(=O)NCCOCCOCCCCCCCl. The molecule has 0 aromatic carbocycles. The van der Waals surface area contributed by atoms with Crippen molar-refractivity contribution in [3.8, 4) is 0 Å². The van der Waals surface area contributed by atoms with Gasteiger partial charge in [-0.3, -0.25) is 0 Å². The molecule has 0 unspecified atom stereocenters. The summed E-state index contributed by atoms with van der Waals surface area (Å²) in [6.45, 7) is 8.22. The molecule has 30 heavy (non-hydrogen) atoms. The maximum absolute atomic E-state index is 11.5. The van der Waals surface area contributed by atoms with Crippen molar-refractivity contribution in [1.82, 2.24) is 5.32 Å². The van der Waals surface area contributed by atoms with Crippen molar-refractivity contribution in [2.45, 2.75) is 45.4 Å². The summed E-state index contributed by atoms with van der Waals surface area (Å²) < 4.78 is 31.9. The molecule has 0 aromatic rings. The second-order valence-electron chi connectivity index (χ2n) is 6.58. The van der Waals surface area contributed by atoms with E-state index in [4.69, 9.17) is 40.0 Å². The number of carbonyl (C=O) groups is 1. The minimum Gasteiger partial charge on any atom is -0.447 e. The van der Waals surface area contributed by atoms with Crippen LogP contribution in [0.25, 0.3) is 0 Å². The Balaban J connectivity index is 3.14. The fourth-order valence-corrected chi connectivity index (χ4v) is 2.42. The number of halogens is 1. The molecule has 0 bridgehead atoms. The Morgan fingerprint density at radius 3 is 1.73 bits per heavy atom. The average Bonchev–Trinajstić information content (AvgIpc) is 2.75. The van der Waals surface area contributed by atoms with E-state index < -0.39 is 6.09 Å². The molecule has 0 aliphatic carbocycles. The first-order valence-electron chi connectivity index (χ1n) is 11.2. The van der Waals surface area contributed by atoms with Gasteiger partial charge in [0.1, 0.15) is 6.61 Å². The number of alkyl halides is 1. The maximum atomic E-state index is 11.5. The van der Waals surface area contributed by atoms with Gasteiger partial charge in [0, 0.05) is 25.6 Å². The number of carbonyl (C=O) groups excluding carboxylic acids is 1. The minimum absolute atomic E-state index is 0.200. The third kappa shape index (κ3) is 25.4. The van der Waals surface area contributed by atoms with Crippen molar-refractivity contribution >= 4 is 17.7 Å². The van der Waals surface area contributed by atoms with Gasteiger partial charge in [0.05, 0.1) is 52.9 Å². The first kappa shape index (κ1) is 29.4. The van der Waals surface area contributed by atoms with Crippen LogP contribution in [0.2, 0.25) is 0 Å². The minimum atomic E-state index is -0.476. The number of hydrogen-bond acceptors (Lipinski definition) is 7. The van der Waals surface area contributed by atoms with E-state index in [0.717, 1.165) is 57.6 Å². The zero-order chi connectivity index (χ0) is 22.0. The summed E-state index contributed by atoms with van der Waals surface area (Å²) in [5.74, 6) is 0.731. The molecule has 0 radical (unpaired) electrons. The van der Waals surface area contributed by atoms with E-state index in [1.165, 1.54) is 0 Å². The van der Waals surface area contributed by atoms with Crippen molar-refractivity contribution in [1.29, 1.82) is 0 Å². The number of amides is 1. The molecule has 0 fully saturated rings. The number of alkyl carbamates (subject to hydrolysis) is 1. The van der Waals surface area contributed by atoms with Crippen LogP contribution < -0.4 is 5.32 Å². The maximum Gasteiger partial charge on any atom is 0.407 e. The van der Waals surface area contributed by atoms with Gasteiger partial charge in [-0.1, -0.05) is 26.2 Å². The van der Waals surface area contributed by atoms with Gasteiger partial charge in [-0.25, -0.2) is 4.79 Å². The number of nitrogens with one attached hydrogen (secondary N) is 1. The highest BCUT2D eigenvalue weighted by atomic mass is 35.5. The van der Waals surface area contributed by atoms with Crippen LogP contribution in [0.1, 0.15) is 45.4 Å². The Morgan fingerprint density at radius 1 is 0.633 bits per heavy atom. The van der Waals surface area contributed by atoms with Crippen molar-refractivity contribution in [2.24, 2.45) is 0 Å². The highest BCUT2D eigenvalue weighted by Gasteiger charge is 2.01. The first-order valence-corrected chi connectivity index (χ1v) is 11.7. The molecule has 0 rings (SSSR count). The van der Waals surface area contributed by atoms with Crippen LogP contribution in [0.15, 0.2) is 0 Å². The van der Waals surface area contributed by atoms with Crippen molar-refractivity contribution in [2.75, 3.05) is 85.1 Å². The second kappa shape index (κ2) is 26.4. The number of unbranched alkanes of at least 4 members (excludes halogenated alkanes) is 4. The summed E-state index contributed by atoms with van der Waals surface area (Å²) in [5.41, 5.74) is 0. The Kier molecular flexibility index (Phi) is 25.8. The lowest BCUT2D eigenvalue weighted by Crippen LogP contribution is -2.29. The van der Waals surface area contributed by atoms with Crippen molar-refractivity contribution in [3.05, 3.63) is 0 Å². The molecule has 0 aromatic heterocycles. The topological polar surface area (TPSA) is 84.5 Å². The van der Waals surface area contributed by atoms with Gasteiger partial charge in [0.15, 0.2) is 0 Å². The highest BCUT2D eigenvalue weighted by Crippen LogP contribution is 2.01. The van der Waals surface area contributed by atoms with Crippen LogP contribution in [0.3, 0.4) is 0 Å². The zero-order valence-corrected chi connectivity index (χ0v) is 19.4. The van der Waals surface area contributed by atoms with Crippen LogP contribution in [0.4, 0.5) is 4.79 Å². The first-order chi connectivity index (χ1) is 14.8. The molecular weight excluding hydrogens is 414 g/mol. The molecule has 8 nitrogen and oxygen atoms in total. The smallest absolute Gasteiger partial charge is 0.407 e. The number of ether oxygens (including phenoxy) is 6. The van der Waals surface area contributed by atoms with Gasteiger partial charge in [-0.15, -0.1) is 11.6 Å². The van der Waals surface area contributed by atoms with Crippen LogP contribution in [0, 0.1) is 0 Å². The van der Waals surface area contributed by atoms with Gasteiger partial charge in [-0.2, -0.15) is 0 Å². The standard InChI is InChI=1S/C21H42ClNO7/c1-2-3-10-25-14-16-28-17-18-29-19-20-30-21(24)23-9-12-27-15-13-26-11-7-5-4-6-8-22/h2-20H2,1H3,(H,23,24). The van der Waals surface area contributed by atoms with Crippen molar-refractivity contribution < 1.29 is 33.2 Å². The Labute approximate surface area is 187 Å². The molecule has 180 valence electrons. The van der Waals surface area contributed by atoms with Crippen LogP contribution in [-0.2, 0) is 28.4 Å². The van der Waals surface area contributed by atoms with Crippen LogP contribution in [-0.4, -0.2) is 91.2 Å². The lowest BCUT2D eigenvalue weighted by molar-refractivity contribution is 0.00514. The summed E-state index contributed by atoms with van der Waals surface area (Å²) in [6.07, 6.45) is 6.15. The van der Waals surface area contributed by atoms with Crippen molar-refractivity contribution in [3.63, 3.8) is 0 Å². The van der Waals surface area contributed by atoms with E-state index >= 15 is 0 Å². The third-order valence-corrected chi connectivity index (χ3v) is 4.17.